The quantitative estimate of drug-likeness (QED) is 0.454. The Hall–Kier alpha value is 0.565. The van der Waals surface area contributed by atoms with E-state index in [0.29, 0.717) is 11.5 Å². The van der Waals surface area contributed by atoms with Crippen molar-refractivity contribution < 1.29 is 4.21 Å². The van der Waals surface area contributed by atoms with Crippen molar-refractivity contribution in [1.29, 1.82) is 0 Å². The summed E-state index contributed by atoms with van der Waals surface area (Å²) in [5.41, 5.74) is 1.52. The van der Waals surface area contributed by atoms with Crippen molar-refractivity contribution in [3.8, 4) is 0 Å². The Morgan fingerprint density at radius 1 is 1.50 bits per heavy atom. The molecule has 4 heteroatoms. The van der Waals surface area contributed by atoms with Crippen LogP contribution in [0.3, 0.4) is 0 Å². The molecule has 0 aliphatic heterocycles. The molecule has 0 aromatic rings. The van der Waals surface area contributed by atoms with Crippen molar-refractivity contribution in [2.75, 3.05) is 11.5 Å². The summed E-state index contributed by atoms with van der Waals surface area (Å²) in [5, 5.41) is 0. The zero-order chi connectivity index (χ0) is 6.62. The van der Waals surface area contributed by atoms with Crippen molar-refractivity contribution in [1.82, 2.24) is 0 Å². The van der Waals surface area contributed by atoms with E-state index in [1.54, 1.807) is 0 Å². The molecule has 0 saturated heterocycles. The molecule has 0 aromatic heterocycles. The van der Waals surface area contributed by atoms with E-state index in [4.69, 9.17) is 0 Å². The van der Waals surface area contributed by atoms with Gasteiger partial charge in [-0.3, -0.25) is 0 Å². The summed E-state index contributed by atoms with van der Waals surface area (Å²) >= 11 is 3.86. The second kappa shape index (κ2) is 3.56. The summed E-state index contributed by atoms with van der Waals surface area (Å²) in [5.74, 6) is 1.43. The first-order chi connectivity index (χ1) is 3.68. The van der Waals surface area contributed by atoms with Crippen molar-refractivity contribution in [2.45, 2.75) is 13.8 Å². The molecule has 0 aliphatic rings. The van der Waals surface area contributed by atoms with Crippen LogP contribution in [-0.2, 0) is 9.36 Å². The van der Waals surface area contributed by atoms with Gasteiger partial charge in [-0.2, -0.15) is 0 Å². The summed E-state index contributed by atoms with van der Waals surface area (Å²) in [4.78, 5) is 0. The van der Waals surface area contributed by atoms with Crippen LogP contribution in [0.25, 0.3) is 0 Å². The van der Waals surface area contributed by atoms with Crippen molar-refractivity contribution in [3.63, 3.8) is 0 Å². The Bertz CT molecular complexity index is 147. The van der Waals surface area contributed by atoms with Crippen LogP contribution in [0.5, 0.6) is 0 Å². The van der Waals surface area contributed by atoms with Gasteiger partial charge < -0.3 is 0 Å². The van der Waals surface area contributed by atoms with Gasteiger partial charge in [0.15, 0.2) is 0 Å². The number of hydrogen-bond acceptors (Lipinski definition) is 1. The van der Waals surface area contributed by atoms with E-state index in [1.165, 1.54) is 5.43 Å². The Morgan fingerprint density at radius 2 is 1.88 bits per heavy atom. The standard InChI is InChI=1S/C4H11BOS2/c1-3-8(6,4-2)5-7/h7H,3-4H2,1-2H3. The van der Waals surface area contributed by atoms with Crippen LogP contribution < -0.4 is 0 Å². The first kappa shape index (κ1) is 8.56. The van der Waals surface area contributed by atoms with Crippen LogP contribution in [0, 0.1) is 0 Å². The van der Waals surface area contributed by atoms with Crippen LogP contribution in [0.2, 0.25) is 0 Å². The summed E-state index contributed by atoms with van der Waals surface area (Å²) in [6.07, 6.45) is 0. The molecule has 0 radical (unpaired) electrons. The van der Waals surface area contributed by atoms with Crippen LogP contribution in [0.1, 0.15) is 13.8 Å². The first-order valence-electron chi connectivity index (χ1n) is 2.65. The van der Waals surface area contributed by atoms with E-state index in [9.17, 15) is 4.21 Å². The van der Waals surface area contributed by atoms with E-state index in [2.05, 4.69) is 12.5 Å². The molecule has 0 fully saturated rings. The van der Waals surface area contributed by atoms with E-state index in [1.807, 2.05) is 13.8 Å². The van der Waals surface area contributed by atoms with E-state index in [0.717, 1.165) is 0 Å². The molecule has 48 valence electrons. The zero-order valence-electron chi connectivity index (χ0n) is 5.26. The molecule has 0 spiro atoms. The van der Waals surface area contributed by atoms with E-state index in [-0.39, 0.29) is 0 Å². The van der Waals surface area contributed by atoms with Gasteiger partial charge in [-0.05, 0) is 0 Å². The number of thiol groups is 1. The fraction of sp³-hybridized carbons (Fsp3) is 1.00. The van der Waals surface area contributed by atoms with Gasteiger partial charge in [0, 0.05) is 0 Å². The Labute approximate surface area is 57.3 Å². The molecular weight excluding hydrogens is 139 g/mol. The molecule has 0 aromatic carbocycles. The predicted octanol–water partition coefficient (Wildman–Crippen LogP) is 0.775. The van der Waals surface area contributed by atoms with E-state index < -0.39 is 9.36 Å². The van der Waals surface area contributed by atoms with Crippen LogP contribution in [0.4, 0.5) is 0 Å². The minimum absolute atomic E-state index is 0.715. The van der Waals surface area contributed by atoms with Gasteiger partial charge >= 0.3 is 56.8 Å². The Balaban J connectivity index is 4.26. The molecule has 0 atom stereocenters. The molecule has 0 aliphatic carbocycles. The van der Waals surface area contributed by atoms with Crippen LogP contribution >= 0.6 is 12.5 Å². The zero-order valence-corrected chi connectivity index (χ0v) is 6.97. The summed E-state index contributed by atoms with van der Waals surface area (Å²) < 4.78 is 11.2. The van der Waals surface area contributed by atoms with Crippen molar-refractivity contribution >= 4 is 27.3 Å². The molecule has 0 N–H and O–H groups in total. The summed E-state index contributed by atoms with van der Waals surface area (Å²) in [7, 11) is -1.66. The molecule has 0 amide bonds. The Morgan fingerprint density at radius 3 is 1.88 bits per heavy atom. The molecule has 0 rings (SSSR count). The van der Waals surface area contributed by atoms with Gasteiger partial charge in [-0.15, -0.1) is 0 Å². The van der Waals surface area contributed by atoms with Gasteiger partial charge in [-0.25, -0.2) is 0 Å². The first-order valence-corrected chi connectivity index (χ1v) is 5.13. The molecule has 0 unspecified atom stereocenters. The SMILES string of the molecule is CCS(=O)(=BS)CC. The van der Waals surface area contributed by atoms with Crippen molar-refractivity contribution in [3.05, 3.63) is 0 Å². The second-order valence-corrected chi connectivity index (χ2v) is 5.29. The second-order valence-electron chi connectivity index (χ2n) is 1.55. The van der Waals surface area contributed by atoms with Crippen LogP contribution in [-0.4, -0.2) is 21.1 Å². The Kier molecular flexibility index (Phi) is 3.82. The minimum atomic E-state index is -1.66. The van der Waals surface area contributed by atoms with Gasteiger partial charge in [0.25, 0.3) is 0 Å². The average molecular weight is 150 g/mol. The number of hydrogen-bond donors (Lipinski definition) is 1. The topological polar surface area (TPSA) is 17.1 Å². The molecule has 1 nitrogen and oxygen atoms in total. The molecule has 0 heterocycles. The molecule has 0 saturated carbocycles. The third-order valence-electron chi connectivity index (χ3n) is 1.17. The third-order valence-corrected chi connectivity index (χ3v) is 4.66. The summed E-state index contributed by atoms with van der Waals surface area (Å²) in [6.45, 7) is 3.83. The normalized spacial score (nSPS) is 10.9. The van der Waals surface area contributed by atoms with Gasteiger partial charge in [0.1, 0.15) is 0 Å². The van der Waals surface area contributed by atoms with Gasteiger partial charge in [-0.1, -0.05) is 0 Å². The monoisotopic (exact) mass is 150 g/mol. The molecular formula is C4H11BOS2. The molecule has 8 heavy (non-hydrogen) atoms. The van der Waals surface area contributed by atoms with E-state index >= 15 is 0 Å². The fourth-order valence-corrected chi connectivity index (χ4v) is 1.95. The third kappa shape index (κ3) is 2.22. The average Bonchev–Trinajstić information content (AvgIpc) is 1.87. The van der Waals surface area contributed by atoms with Crippen LogP contribution in [0.15, 0.2) is 0 Å². The maximum absolute atomic E-state index is 11.2. The molecule has 0 bridgehead atoms. The maximum atomic E-state index is 11.2. The van der Waals surface area contributed by atoms with Gasteiger partial charge in [0.2, 0.25) is 0 Å². The fourth-order valence-electron chi connectivity index (χ4n) is 0.353. The number of rotatable bonds is 2. The van der Waals surface area contributed by atoms with Gasteiger partial charge in [0.05, 0.1) is 0 Å². The summed E-state index contributed by atoms with van der Waals surface area (Å²) in [6, 6.07) is 0. The van der Waals surface area contributed by atoms with Crippen molar-refractivity contribution in [2.24, 2.45) is 0 Å². The predicted molar refractivity (Wildman–Crippen MR) is 44.0 cm³/mol.